The predicted octanol–water partition coefficient (Wildman–Crippen LogP) is 2.08. The predicted molar refractivity (Wildman–Crippen MR) is 90.6 cm³/mol. The van der Waals surface area contributed by atoms with Gasteiger partial charge in [0.15, 0.2) is 0 Å². The zero-order valence-electron chi connectivity index (χ0n) is 12.9. The van der Waals surface area contributed by atoms with Crippen molar-refractivity contribution >= 4 is 12.6 Å². The molecule has 6 heteroatoms. The zero-order valence-corrected chi connectivity index (χ0v) is 13.8. The lowest BCUT2D eigenvalue weighted by molar-refractivity contribution is 0.523. The fraction of sp³-hybridized carbons (Fsp3) is 0.733. The second kappa shape index (κ2) is 9.71. The molecular formula is C15H27N3O2S. The van der Waals surface area contributed by atoms with Crippen LogP contribution >= 0.6 is 12.6 Å². The molecule has 2 N–H and O–H groups in total. The number of hydrogen-bond acceptors (Lipinski definition) is 4. The molecule has 0 aliphatic heterocycles. The second-order valence-corrected chi connectivity index (χ2v) is 5.96. The maximum absolute atomic E-state index is 11.8. The molecule has 0 bridgehead atoms. The van der Waals surface area contributed by atoms with E-state index in [1.54, 1.807) is 13.1 Å². The van der Waals surface area contributed by atoms with Crippen molar-refractivity contribution < 1.29 is 0 Å². The quantitative estimate of drug-likeness (QED) is 0.395. The summed E-state index contributed by atoms with van der Waals surface area (Å²) in [5.41, 5.74) is -0.351. The summed E-state index contributed by atoms with van der Waals surface area (Å²) in [6.07, 6.45) is 11.1. The van der Waals surface area contributed by atoms with Gasteiger partial charge in [0.1, 0.15) is 0 Å². The zero-order chi connectivity index (χ0) is 15.7. The first-order valence-corrected chi connectivity index (χ1v) is 8.40. The topological polar surface area (TPSA) is 70.0 Å². The highest BCUT2D eigenvalue weighted by Crippen LogP contribution is 2.09. The van der Waals surface area contributed by atoms with Crippen LogP contribution in [0.25, 0.3) is 0 Å². The van der Waals surface area contributed by atoms with Crippen LogP contribution in [0, 0.1) is 6.92 Å². The SMILES string of the molecule is Cc1cn(CCCCCCCCCCS)c(=O)n(N)c1=O. The van der Waals surface area contributed by atoms with E-state index in [1.165, 1.54) is 43.1 Å². The molecular weight excluding hydrogens is 286 g/mol. The Morgan fingerprint density at radius 1 is 1.00 bits per heavy atom. The Labute approximate surface area is 131 Å². The van der Waals surface area contributed by atoms with Crippen molar-refractivity contribution in [3.8, 4) is 0 Å². The first-order chi connectivity index (χ1) is 10.1. The van der Waals surface area contributed by atoms with E-state index in [-0.39, 0.29) is 0 Å². The van der Waals surface area contributed by atoms with Crippen LogP contribution in [0.2, 0.25) is 0 Å². The van der Waals surface area contributed by atoms with E-state index in [1.807, 2.05) is 0 Å². The van der Waals surface area contributed by atoms with Gasteiger partial charge in [0, 0.05) is 18.3 Å². The number of nitrogens with zero attached hydrogens (tertiary/aromatic N) is 2. The molecule has 0 spiro atoms. The fourth-order valence-electron chi connectivity index (χ4n) is 2.37. The number of hydrogen-bond donors (Lipinski definition) is 2. The van der Waals surface area contributed by atoms with Crippen LogP contribution in [-0.2, 0) is 6.54 Å². The second-order valence-electron chi connectivity index (χ2n) is 5.52. The summed E-state index contributed by atoms with van der Waals surface area (Å²) in [5, 5.41) is 0. The van der Waals surface area contributed by atoms with E-state index >= 15 is 0 Å². The van der Waals surface area contributed by atoms with E-state index in [4.69, 9.17) is 5.84 Å². The lowest BCUT2D eigenvalue weighted by Crippen LogP contribution is -2.45. The monoisotopic (exact) mass is 313 g/mol. The Morgan fingerprint density at radius 3 is 2.10 bits per heavy atom. The summed E-state index contributed by atoms with van der Waals surface area (Å²) in [4.78, 5) is 23.3. The van der Waals surface area contributed by atoms with Crippen molar-refractivity contribution in [2.24, 2.45) is 0 Å². The van der Waals surface area contributed by atoms with Gasteiger partial charge in [0.25, 0.3) is 5.56 Å². The van der Waals surface area contributed by atoms with Crippen molar-refractivity contribution in [1.29, 1.82) is 0 Å². The highest BCUT2D eigenvalue weighted by atomic mass is 32.1. The molecule has 5 nitrogen and oxygen atoms in total. The number of unbranched alkanes of at least 4 members (excludes halogenated alkanes) is 7. The molecule has 120 valence electrons. The highest BCUT2D eigenvalue weighted by Gasteiger charge is 2.05. The molecule has 0 aliphatic carbocycles. The van der Waals surface area contributed by atoms with Crippen molar-refractivity contribution in [1.82, 2.24) is 9.24 Å². The average Bonchev–Trinajstić information content (AvgIpc) is 2.48. The Hall–Kier alpha value is -1.17. The third kappa shape index (κ3) is 5.99. The number of aryl methyl sites for hydroxylation is 2. The maximum atomic E-state index is 11.8. The molecule has 1 rings (SSSR count). The van der Waals surface area contributed by atoms with Gasteiger partial charge in [-0.3, -0.25) is 9.36 Å². The van der Waals surface area contributed by atoms with E-state index < -0.39 is 11.2 Å². The van der Waals surface area contributed by atoms with Gasteiger partial charge in [-0.15, -0.1) is 0 Å². The summed E-state index contributed by atoms with van der Waals surface area (Å²) in [6.45, 7) is 2.29. The van der Waals surface area contributed by atoms with E-state index in [0.717, 1.165) is 18.6 Å². The van der Waals surface area contributed by atoms with Crippen molar-refractivity contribution in [3.63, 3.8) is 0 Å². The molecule has 0 saturated carbocycles. The summed E-state index contributed by atoms with van der Waals surface area (Å²) in [7, 11) is 0. The summed E-state index contributed by atoms with van der Waals surface area (Å²) < 4.78 is 2.22. The molecule has 0 saturated heterocycles. The van der Waals surface area contributed by atoms with Crippen LogP contribution in [0.5, 0.6) is 0 Å². The number of nitrogen functional groups attached to an aromatic ring is 1. The fourth-order valence-corrected chi connectivity index (χ4v) is 2.60. The highest BCUT2D eigenvalue weighted by molar-refractivity contribution is 7.80. The van der Waals surface area contributed by atoms with Crippen molar-refractivity contribution in [2.45, 2.75) is 64.8 Å². The van der Waals surface area contributed by atoms with Gasteiger partial charge in [-0.05, 0) is 25.5 Å². The van der Waals surface area contributed by atoms with Gasteiger partial charge in [-0.2, -0.15) is 17.3 Å². The Morgan fingerprint density at radius 2 is 1.52 bits per heavy atom. The molecule has 0 atom stereocenters. The number of thiol groups is 1. The molecule has 1 aromatic heterocycles. The molecule has 0 radical (unpaired) electrons. The lowest BCUT2D eigenvalue weighted by Gasteiger charge is -2.08. The minimum atomic E-state index is -0.433. The van der Waals surface area contributed by atoms with E-state index in [0.29, 0.717) is 16.8 Å². The van der Waals surface area contributed by atoms with Gasteiger partial charge < -0.3 is 5.84 Å². The average molecular weight is 313 g/mol. The van der Waals surface area contributed by atoms with Gasteiger partial charge in [0.05, 0.1) is 0 Å². The van der Waals surface area contributed by atoms with Crippen LogP contribution in [0.1, 0.15) is 56.9 Å². The number of nitrogens with two attached hydrogens (primary N) is 1. The Balaban J connectivity index is 2.25. The maximum Gasteiger partial charge on any atom is 0.349 e. The molecule has 0 fully saturated rings. The van der Waals surface area contributed by atoms with Crippen LogP contribution < -0.4 is 17.1 Å². The number of rotatable bonds is 10. The van der Waals surface area contributed by atoms with Gasteiger partial charge in [-0.1, -0.05) is 38.5 Å². The summed E-state index contributed by atoms with van der Waals surface area (Å²) >= 11 is 4.20. The molecule has 0 amide bonds. The van der Waals surface area contributed by atoms with Crippen molar-refractivity contribution in [2.75, 3.05) is 11.6 Å². The van der Waals surface area contributed by atoms with Crippen LogP contribution in [-0.4, -0.2) is 15.0 Å². The molecule has 0 unspecified atom stereocenters. The minimum absolute atomic E-state index is 0.419. The minimum Gasteiger partial charge on any atom is -0.332 e. The smallest absolute Gasteiger partial charge is 0.332 e. The standard InChI is InChI=1S/C15H27N3O2S/c1-13-12-17(15(20)18(16)14(13)19)10-8-6-4-2-3-5-7-9-11-21/h12,21H,2-11,16H2,1H3. The third-order valence-corrected chi connectivity index (χ3v) is 3.98. The lowest BCUT2D eigenvalue weighted by atomic mass is 10.1. The van der Waals surface area contributed by atoms with Gasteiger partial charge >= 0.3 is 5.69 Å². The molecule has 1 heterocycles. The largest absolute Gasteiger partial charge is 0.349 e. The summed E-state index contributed by atoms with van der Waals surface area (Å²) in [5.74, 6) is 6.44. The van der Waals surface area contributed by atoms with Crippen LogP contribution in [0.15, 0.2) is 15.8 Å². The Bertz CT molecular complexity index is 537. The van der Waals surface area contributed by atoms with Gasteiger partial charge in [-0.25, -0.2) is 4.79 Å². The van der Waals surface area contributed by atoms with Crippen LogP contribution in [0.4, 0.5) is 0 Å². The molecule has 21 heavy (non-hydrogen) atoms. The van der Waals surface area contributed by atoms with Gasteiger partial charge in [0.2, 0.25) is 0 Å². The van der Waals surface area contributed by atoms with E-state index in [9.17, 15) is 9.59 Å². The first-order valence-electron chi connectivity index (χ1n) is 7.77. The van der Waals surface area contributed by atoms with Crippen LogP contribution in [0.3, 0.4) is 0 Å². The Kier molecular flexibility index (Phi) is 8.27. The normalized spacial score (nSPS) is 11.0. The summed E-state index contributed by atoms with van der Waals surface area (Å²) in [6, 6.07) is 0. The third-order valence-electron chi connectivity index (χ3n) is 3.66. The molecule has 0 aliphatic rings. The first kappa shape index (κ1) is 17.9. The molecule has 0 aromatic carbocycles. The van der Waals surface area contributed by atoms with Crippen molar-refractivity contribution in [3.05, 3.63) is 32.6 Å². The molecule has 1 aromatic rings. The van der Waals surface area contributed by atoms with E-state index in [2.05, 4.69) is 12.6 Å². The number of aromatic nitrogens is 2.